The molecular formula is C7H4Cl2O4S. The summed E-state index contributed by atoms with van der Waals surface area (Å²) < 4.78 is 30.0. The van der Waals surface area contributed by atoms with Crippen molar-refractivity contribution in [1.82, 2.24) is 0 Å². The van der Waals surface area contributed by atoms with E-state index in [1.807, 2.05) is 0 Å². The SMILES string of the molecule is O=C(Cl)c1ccc(S(=O)(=O)O)c(Cl)c1. The minimum atomic E-state index is -4.36. The minimum absolute atomic E-state index is 0.0593. The summed E-state index contributed by atoms with van der Waals surface area (Å²) in [6, 6.07) is 3.23. The zero-order valence-electron chi connectivity index (χ0n) is 6.57. The lowest BCUT2D eigenvalue weighted by atomic mass is 10.2. The number of carbonyl (C=O) groups excluding carboxylic acids is 1. The van der Waals surface area contributed by atoms with Gasteiger partial charge in [-0.25, -0.2) is 0 Å². The first-order valence-corrected chi connectivity index (χ1v) is 5.49. The van der Waals surface area contributed by atoms with Gasteiger partial charge in [0.15, 0.2) is 0 Å². The largest absolute Gasteiger partial charge is 0.296 e. The van der Waals surface area contributed by atoms with Crippen molar-refractivity contribution in [1.29, 1.82) is 0 Å². The Morgan fingerprint density at radius 1 is 1.36 bits per heavy atom. The molecule has 4 nitrogen and oxygen atoms in total. The summed E-state index contributed by atoms with van der Waals surface area (Å²) in [6.07, 6.45) is 0. The van der Waals surface area contributed by atoms with E-state index in [1.165, 1.54) is 0 Å². The van der Waals surface area contributed by atoms with Gasteiger partial charge in [-0.05, 0) is 29.8 Å². The lowest BCUT2D eigenvalue weighted by molar-refractivity contribution is 0.108. The van der Waals surface area contributed by atoms with Crippen LogP contribution < -0.4 is 0 Å². The molecule has 0 heterocycles. The van der Waals surface area contributed by atoms with Crippen LogP contribution in [0.2, 0.25) is 5.02 Å². The fraction of sp³-hybridized carbons (Fsp3) is 0. The van der Waals surface area contributed by atoms with Gasteiger partial charge < -0.3 is 0 Å². The molecule has 1 N–H and O–H groups in total. The summed E-state index contributed by atoms with van der Waals surface area (Å²) in [5.41, 5.74) is 0.0593. The average molecular weight is 255 g/mol. The van der Waals surface area contributed by atoms with Gasteiger partial charge in [0.25, 0.3) is 15.4 Å². The van der Waals surface area contributed by atoms with Crippen molar-refractivity contribution in [2.75, 3.05) is 0 Å². The molecule has 0 spiro atoms. The third kappa shape index (κ3) is 2.45. The second-order valence-corrected chi connectivity index (χ2v) is 4.53. The molecule has 0 aromatic heterocycles. The molecule has 0 atom stereocenters. The van der Waals surface area contributed by atoms with Gasteiger partial charge in [-0.3, -0.25) is 9.35 Å². The van der Waals surface area contributed by atoms with Gasteiger partial charge in [0.1, 0.15) is 4.90 Å². The van der Waals surface area contributed by atoms with Crippen LogP contribution in [0, 0.1) is 0 Å². The maximum absolute atomic E-state index is 10.7. The predicted octanol–water partition coefficient (Wildman–Crippen LogP) is 1.97. The summed E-state index contributed by atoms with van der Waals surface area (Å²) in [6.45, 7) is 0. The molecule has 14 heavy (non-hydrogen) atoms. The molecule has 0 radical (unpaired) electrons. The molecule has 0 aliphatic carbocycles. The Balaban J connectivity index is 3.35. The van der Waals surface area contributed by atoms with Crippen LogP contribution in [0.5, 0.6) is 0 Å². The molecular weight excluding hydrogens is 251 g/mol. The quantitative estimate of drug-likeness (QED) is 0.647. The van der Waals surface area contributed by atoms with E-state index in [0.717, 1.165) is 18.2 Å². The zero-order valence-corrected chi connectivity index (χ0v) is 8.90. The smallest absolute Gasteiger partial charge is 0.282 e. The third-order valence-corrected chi connectivity index (χ3v) is 2.99. The summed E-state index contributed by atoms with van der Waals surface area (Å²) >= 11 is 10.6. The van der Waals surface area contributed by atoms with E-state index in [2.05, 4.69) is 0 Å². The van der Waals surface area contributed by atoms with Crippen molar-refractivity contribution < 1.29 is 17.8 Å². The number of carbonyl (C=O) groups is 1. The van der Waals surface area contributed by atoms with Gasteiger partial charge in [-0.15, -0.1) is 0 Å². The van der Waals surface area contributed by atoms with Crippen LogP contribution in [0.3, 0.4) is 0 Å². The Morgan fingerprint density at radius 3 is 2.29 bits per heavy atom. The molecule has 0 saturated carbocycles. The molecule has 0 fully saturated rings. The highest BCUT2D eigenvalue weighted by Gasteiger charge is 2.15. The van der Waals surface area contributed by atoms with E-state index in [4.69, 9.17) is 27.8 Å². The third-order valence-electron chi connectivity index (χ3n) is 1.44. The maximum Gasteiger partial charge on any atom is 0.296 e. The van der Waals surface area contributed by atoms with E-state index in [9.17, 15) is 13.2 Å². The van der Waals surface area contributed by atoms with Gasteiger partial charge in [-0.2, -0.15) is 8.42 Å². The highest BCUT2D eigenvalue weighted by atomic mass is 35.5. The van der Waals surface area contributed by atoms with Gasteiger partial charge >= 0.3 is 0 Å². The van der Waals surface area contributed by atoms with Gasteiger partial charge in [0.05, 0.1) is 5.02 Å². The molecule has 76 valence electrons. The lowest BCUT2D eigenvalue weighted by Gasteiger charge is -2.01. The number of hydrogen-bond donors (Lipinski definition) is 1. The monoisotopic (exact) mass is 254 g/mol. The zero-order chi connectivity index (χ0) is 10.9. The summed E-state index contributed by atoms with van der Waals surface area (Å²) in [5, 5.41) is -1.01. The summed E-state index contributed by atoms with van der Waals surface area (Å²) in [7, 11) is -4.36. The first kappa shape index (κ1) is 11.5. The van der Waals surface area contributed by atoms with Crippen LogP contribution in [0.15, 0.2) is 23.1 Å². The van der Waals surface area contributed by atoms with E-state index >= 15 is 0 Å². The van der Waals surface area contributed by atoms with Crippen LogP contribution in [-0.2, 0) is 10.1 Å². The molecule has 0 saturated heterocycles. The molecule has 0 aliphatic rings. The van der Waals surface area contributed by atoms with E-state index < -0.39 is 20.3 Å². The molecule has 1 aromatic carbocycles. The first-order valence-electron chi connectivity index (χ1n) is 3.29. The Morgan fingerprint density at radius 2 is 1.93 bits per heavy atom. The molecule has 1 aromatic rings. The number of rotatable bonds is 2. The molecule has 7 heteroatoms. The van der Waals surface area contributed by atoms with Crippen molar-refractivity contribution in [2.45, 2.75) is 4.90 Å². The highest BCUT2D eigenvalue weighted by molar-refractivity contribution is 7.86. The van der Waals surface area contributed by atoms with Crippen molar-refractivity contribution in [3.8, 4) is 0 Å². The number of hydrogen-bond acceptors (Lipinski definition) is 3. The minimum Gasteiger partial charge on any atom is -0.282 e. The average Bonchev–Trinajstić information content (AvgIpc) is 2.01. The fourth-order valence-electron chi connectivity index (χ4n) is 0.832. The predicted molar refractivity (Wildman–Crippen MR) is 51.5 cm³/mol. The van der Waals surface area contributed by atoms with Crippen molar-refractivity contribution in [2.24, 2.45) is 0 Å². The number of halogens is 2. The second-order valence-electron chi connectivity index (χ2n) is 2.39. The van der Waals surface area contributed by atoms with Crippen LogP contribution >= 0.6 is 23.2 Å². The van der Waals surface area contributed by atoms with Crippen molar-refractivity contribution in [3.05, 3.63) is 28.8 Å². The second kappa shape index (κ2) is 3.86. The lowest BCUT2D eigenvalue weighted by Crippen LogP contribution is -2.00. The van der Waals surface area contributed by atoms with Crippen LogP contribution in [0.4, 0.5) is 0 Å². The Hall–Kier alpha value is -0.620. The van der Waals surface area contributed by atoms with Crippen LogP contribution in [0.1, 0.15) is 10.4 Å². The molecule has 1 rings (SSSR count). The fourth-order valence-corrected chi connectivity index (χ4v) is 1.97. The van der Waals surface area contributed by atoms with E-state index in [-0.39, 0.29) is 10.6 Å². The van der Waals surface area contributed by atoms with Gasteiger partial charge in [-0.1, -0.05) is 11.6 Å². The summed E-state index contributed by atoms with van der Waals surface area (Å²) in [5.74, 6) is 0. The van der Waals surface area contributed by atoms with Gasteiger partial charge in [0, 0.05) is 5.56 Å². The molecule has 0 amide bonds. The Labute approximate surface area is 90.2 Å². The maximum atomic E-state index is 10.7. The van der Waals surface area contributed by atoms with E-state index in [1.54, 1.807) is 0 Å². The van der Waals surface area contributed by atoms with Crippen molar-refractivity contribution in [3.63, 3.8) is 0 Å². The normalized spacial score (nSPS) is 11.4. The van der Waals surface area contributed by atoms with E-state index in [0.29, 0.717) is 0 Å². The van der Waals surface area contributed by atoms with Crippen LogP contribution in [-0.4, -0.2) is 18.2 Å². The molecule has 0 bridgehead atoms. The van der Waals surface area contributed by atoms with Gasteiger partial charge in [0.2, 0.25) is 0 Å². The Bertz CT molecular complexity index is 480. The first-order chi connectivity index (χ1) is 6.32. The van der Waals surface area contributed by atoms with Crippen LogP contribution in [0.25, 0.3) is 0 Å². The summed E-state index contributed by atoms with van der Waals surface area (Å²) in [4.78, 5) is 10.2. The standard InChI is InChI=1S/C7H4Cl2O4S/c8-5-3-4(7(9)10)1-2-6(5)14(11,12)13/h1-3H,(H,11,12,13). The molecule has 0 unspecified atom stereocenters. The number of benzene rings is 1. The van der Waals surface area contributed by atoms with Crippen molar-refractivity contribution >= 4 is 38.6 Å². The molecule has 0 aliphatic heterocycles. The Kier molecular flexibility index (Phi) is 3.16. The highest BCUT2D eigenvalue weighted by Crippen LogP contribution is 2.22. The topological polar surface area (TPSA) is 71.4 Å².